The summed E-state index contributed by atoms with van der Waals surface area (Å²) in [5.74, 6) is 0. The Labute approximate surface area is 115 Å². The highest BCUT2D eigenvalue weighted by molar-refractivity contribution is 7.90. The molecule has 1 aliphatic rings. The van der Waals surface area contributed by atoms with Crippen LogP contribution in [0.1, 0.15) is 19.3 Å². The van der Waals surface area contributed by atoms with Crippen molar-refractivity contribution < 1.29 is 8.42 Å². The van der Waals surface area contributed by atoms with Crippen LogP contribution in [0, 0.1) is 6.07 Å². The molecular weight excluding hydrogens is 260 g/mol. The average Bonchev–Trinajstić information content (AvgIpc) is 2.39. The van der Waals surface area contributed by atoms with Crippen molar-refractivity contribution in [3.8, 4) is 0 Å². The van der Waals surface area contributed by atoms with Gasteiger partial charge in [0.2, 0.25) is 0 Å². The van der Waals surface area contributed by atoms with Crippen molar-refractivity contribution in [1.82, 2.24) is 4.90 Å². The molecule has 2 rings (SSSR count). The van der Waals surface area contributed by atoms with Crippen molar-refractivity contribution in [2.45, 2.75) is 24.2 Å². The molecule has 19 heavy (non-hydrogen) atoms. The van der Waals surface area contributed by atoms with Gasteiger partial charge in [-0.1, -0.05) is 18.6 Å². The molecule has 0 aliphatic carbocycles. The molecule has 105 valence electrons. The van der Waals surface area contributed by atoms with Gasteiger partial charge in [0.15, 0.2) is 9.84 Å². The molecule has 1 N–H and O–H groups in total. The number of rotatable bonds is 5. The van der Waals surface area contributed by atoms with Crippen LogP contribution in [-0.2, 0) is 9.84 Å². The molecule has 0 bridgehead atoms. The standard InChI is InChI=1S/C14H21N2O2S/c1-19(17,18)14-8-4-3-7-13(14)15-9-12-16-10-5-2-6-11-16/h3-4,7,15H,2,5-6,9-12H2,1H3. The predicted molar refractivity (Wildman–Crippen MR) is 77.2 cm³/mol. The van der Waals surface area contributed by atoms with E-state index in [0.717, 1.165) is 26.2 Å². The van der Waals surface area contributed by atoms with Crippen molar-refractivity contribution in [3.05, 3.63) is 24.3 Å². The second-order valence-electron chi connectivity index (χ2n) is 5.01. The number of anilines is 1. The van der Waals surface area contributed by atoms with E-state index >= 15 is 0 Å². The maximum Gasteiger partial charge on any atom is 0.178 e. The molecule has 0 aromatic heterocycles. The molecule has 1 fully saturated rings. The van der Waals surface area contributed by atoms with E-state index in [4.69, 9.17) is 0 Å². The van der Waals surface area contributed by atoms with Crippen LogP contribution in [-0.4, -0.2) is 45.8 Å². The van der Waals surface area contributed by atoms with E-state index in [1.165, 1.54) is 25.5 Å². The van der Waals surface area contributed by atoms with Crippen LogP contribution in [0.25, 0.3) is 0 Å². The summed E-state index contributed by atoms with van der Waals surface area (Å²) >= 11 is 0. The lowest BCUT2D eigenvalue weighted by Crippen LogP contribution is -2.33. The van der Waals surface area contributed by atoms with Gasteiger partial charge in [0.25, 0.3) is 0 Å². The van der Waals surface area contributed by atoms with Crippen molar-refractivity contribution in [2.24, 2.45) is 0 Å². The monoisotopic (exact) mass is 281 g/mol. The van der Waals surface area contributed by atoms with Crippen molar-refractivity contribution in [1.29, 1.82) is 0 Å². The smallest absolute Gasteiger partial charge is 0.178 e. The maximum absolute atomic E-state index is 11.6. The number of hydrogen-bond acceptors (Lipinski definition) is 4. The van der Waals surface area contributed by atoms with Gasteiger partial charge in [0.05, 0.1) is 10.6 Å². The largest absolute Gasteiger partial charge is 0.383 e. The first-order valence-electron chi connectivity index (χ1n) is 6.74. The number of piperidine rings is 1. The zero-order chi connectivity index (χ0) is 13.7. The van der Waals surface area contributed by atoms with Gasteiger partial charge in [-0.3, -0.25) is 0 Å². The van der Waals surface area contributed by atoms with Crippen LogP contribution in [0.3, 0.4) is 0 Å². The topological polar surface area (TPSA) is 49.4 Å². The van der Waals surface area contributed by atoms with Crippen LogP contribution >= 0.6 is 0 Å². The summed E-state index contributed by atoms with van der Waals surface area (Å²) in [4.78, 5) is 2.68. The molecule has 0 atom stereocenters. The molecule has 1 heterocycles. The van der Waals surface area contributed by atoms with Crippen molar-refractivity contribution >= 4 is 15.5 Å². The molecular formula is C14H21N2O2S. The lowest BCUT2D eigenvalue weighted by atomic mass is 10.1. The van der Waals surface area contributed by atoms with Gasteiger partial charge in [-0.2, -0.15) is 0 Å². The third-order valence-electron chi connectivity index (χ3n) is 3.38. The van der Waals surface area contributed by atoms with E-state index in [2.05, 4.69) is 16.3 Å². The fourth-order valence-corrected chi connectivity index (χ4v) is 3.22. The SMILES string of the molecule is CS(=O)(=O)c1[c]cccc1NCCN1CCCCC1. The lowest BCUT2D eigenvalue weighted by Gasteiger charge is -2.26. The Kier molecular flexibility index (Phi) is 4.82. The molecule has 4 nitrogen and oxygen atoms in total. The molecule has 1 aromatic rings. The summed E-state index contributed by atoms with van der Waals surface area (Å²) in [5.41, 5.74) is 0.655. The summed E-state index contributed by atoms with van der Waals surface area (Å²) in [6, 6.07) is 8.03. The molecule has 1 radical (unpaired) electrons. The number of sulfone groups is 1. The van der Waals surface area contributed by atoms with E-state index in [1.807, 2.05) is 0 Å². The van der Waals surface area contributed by atoms with Gasteiger partial charge in [0, 0.05) is 25.4 Å². The Morgan fingerprint density at radius 3 is 2.74 bits per heavy atom. The van der Waals surface area contributed by atoms with Crippen molar-refractivity contribution in [3.63, 3.8) is 0 Å². The summed E-state index contributed by atoms with van der Waals surface area (Å²) < 4.78 is 23.3. The van der Waals surface area contributed by atoms with E-state index in [0.29, 0.717) is 5.69 Å². The van der Waals surface area contributed by atoms with Gasteiger partial charge >= 0.3 is 0 Å². The molecule has 1 saturated heterocycles. The summed E-state index contributed by atoms with van der Waals surface area (Å²) in [5, 5.41) is 3.22. The quantitative estimate of drug-likeness (QED) is 0.894. The van der Waals surface area contributed by atoms with E-state index < -0.39 is 9.84 Å². The zero-order valence-corrected chi connectivity index (χ0v) is 12.2. The molecule has 1 aliphatic heterocycles. The normalized spacial score (nSPS) is 17.3. The maximum atomic E-state index is 11.6. The van der Waals surface area contributed by atoms with Gasteiger partial charge in [-0.25, -0.2) is 8.42 Å². The highest BCUT2D eigenvalue weighted by Crippen LogP contribution is 2.19. The van der Waals surface area contributed by atoms with E-state index in [1.54, 1.807) is 18.2 Å². The van der Waals surface area contributed by atoms with Crippen LogP contribution in [0.15, 0.2) is 23.1 Å². The fourth-order valence-electron chi connectivity index (χ4n) is 2.40. The molecule has 1 aromatic carbocycles. The van der Waals surface area contributed by atoms with Gasteiger partial charge < -0.3 is 10.2 Å². The summed E-state index contributed by atoms with van der Waals surface area (Å²) in [7, 11) is -3.22. The van der Waals surface area contributed by atoms with Crippen LogP contribution in [0.5, 0.6) is 0 Å². The Balaban J connectivity index is 1.92. The first kappa shape index (κ1) is 14.3. The first-order chi connectivity index (χ1) is 9.07. The highest BCUT2D eigenvalue weighted by Gasteiger charge is 2.13. The first-order valence-corrected chi connectivity index (χ1v) is 8.63. The number of hydrogen-bond donors (Lipinski definition) is 1. The van der Waals surface area contributed by atoms with Gasteiger partial charge in [0.1, 0.15) is 0 Å². The second kappa shape index (κ2) is 6.39. The lowest BCUT2D eigenvalue weighted by molar-refractivity contribution is 0.237. The minimum absolute atomic E-state index is 0.258. The second-order valence-corrected chi connectivity index (χ2v) is 6.97. The Hall–Kier alpha value is -1.07. The van der Waals surface area contributed by atoms with Crippen LogP contribution < -0.4 is 5.32 Å². The molecule has 0 amide bonds. The minimum Gasteiger partial charge on any atom is -0.383 e. The van der Waals surface area contributed by atoms with Crippen molar-refractivity contribution in [2.75, 3.05) is 37.8 Å². The Bertz CT molecular complexity index is 508. The van der Waals surface area contributed by atoms with Crippen LogP contribution in [0.4, 0.5) is 5.69 Å². The number of likely N-dealkylation sites (tertiary alicyclic amines) is 1. The minimum atomic E-state index is -3.22. The number of nitrogens with one attached hydrogen (secondary N) is 1. The summed E-state index contributed by atoms with van der Waals surface area (Å²) in [6.45, 7) is 4.03. The molecule has 5 heteroatoms. The number of benzene rings is 1. The van der Waals surface area contributed by atoms with Crippen LogP contribution in [0.2, 0.25) is 0 Å². The molecule has 0 unspecified atom stereocenters. The molecule has 0 saturated carbocycles. The Morgan fingerprint density at radius 2 is 2.05 bits per heavy atom. The molecule has 0 spiro atoms. The summed E-state index contributed by atoms with van der Waals surface area (Å²) in [6.07, 6.45) is 5.09. The number of nitrogens with zero attached hydrogens (tertiary/aromatic N) is 1. The zero-order valence-electron chi connectivity index (χ0n) is 11.4. The van der Waals surface area contributed by atoms with Gasteiger partial charge in [-0.05, 0) is 32.0 Å². The highest BCUT2D eigenvalue weighted by atomic mass is 32.2. The predicted octanol–water partition coefficient (Wildman–Crippen LogP) is 1.79. The van der Waals surface area contributed by atoms with Gasteiger partial charge in [-0.15, -0.1) is 0 Å². The third kappa shape index (κ3) is 4.21. The average molecular weight is 281 g/mol. The third-order valence-corrected chi connectivity index (χ3v) is 4.46. The van der Waals surface area contributed by atoms with E-state index in [9.17, 15) is 8.42 Å². The van der Waals surface area contributed by atoms with E-state index in [-0.39, 0.29) is 4.90 Å². The fraction of sp³-hybridized carbons (Fsp3) is 0.571. The Morgan fingerprint density at radius 1 is 1.32 bits per heavy atom.